The van der Waals surface area contributed by atoms with Crippen LogP contribution in [-0.2, 0) is 19.1 Å². The monoisotopic (exact) mass is 201 g/mol. The predicted octanol–water partition coefficient (Wildman–Crippen LogP) is 1.44. The smallest absolute Gasteiger partial charge is 0.417 e. The lowest BCUT2D eigenvalue weighted by molar-refractivity contribution is -0.149. The fraction of sp³-hybridized carbons (Fsp3) is 0.800. The van der Waals surface area contributed by atoms with Gasteiger partial charge in [0.15, 0.2) is 0 Å². The molecule has 0 aromatic heterocycles. The van der Waals surface area contributed by atoms with Gasteiger partial charge in [-0.05, 0) is 12.8 Å². The second-order valence-corrected chi connectivity index (χ2v) is 3.02. The number of hydrogen-bond donors (Lipinski definition) is 0. The van der Waals surface area contributed by atoms with Gasteiger partial charge in [0.2, 0.25) is 0 Å². The first-order valence-electron chi connectivity index (χ1n) is 4.91. The summed E-state index contributed by atoms with van der Waals surface area (Å²) in [6.07, 6.45) is 2.46. The highest BCUT2D eigenvalue weighted by atomic mass is 16.5. The van der Waals surface area contributed by atoms with E-state index in [0.717, 1.165) is 12.8 Å². The third kappa shape index (κ3) is 5.56. The van der Waals surface area contributed by atoms with Crippen LogP contribution in [-0.4, -0.2) is 25.7 Å². The van der Waals surface area contributed by atoms with Gasteiger partial charge in [-0.3, -0.25) is 4.79 Å². The van der Waals surface area contributed by atoms with E-state index in [1.54, 1.807) is 0 Å². The molecular weight excluding hydrogens is 184 g/mol. The molecule has 0 aliphatic rings. The van der Waals surface area contributed by atoms with Crippen molar-refractivity contribution >= 4 is 12.4 Å². The third-order valence-electron chi connectivity index (χ3n) is 1.91. The van der Waals surface area contributed by atoms with Gasteiger partial charge in [0.05, 0.1) is 12.5 Å². The maximum Gasteiger partial charge on any atom is 0.417 e. The Labute approximate surface area is 84.6 Å². The van der Waals surface area contributed by atoms with Crippen molar-refractivity contribution < 1.29 is 19.1 Å². The first-order chi connectivity index (χ1) is 6.76. The van der Waals surface area contributed by atoms with Crippen LogP contribution in [0.25, 0.3) is 0 Å². The van der Waals surface area contributed by atoms with Gasteiger partial charge in [-0.1, -0.05) is 20.3 Å². The Bertz CT molecular complexity index is 168. The quantitative estimate of drug-likeness (QED) is 0.440. The van der Waals surface area contributed by atoms with E-state index in [2.05, 4.69) is 4.74 Å². The normalized spacial score (nSPS) is 11.9. The van der Waals surface area contributed by atoms with Gasteiger partial charge >= 0.3 is 12.4 Å². The highest BCUT2D eigenvalue weighted by molar-refractivity contribution is 5.72. The second-order valence-electron chi connectivity index (χ2n) is 3.02. The maximum absolute atomic E-state index is 11.3. The van der Waals surface area contributed by atoms with Crippen molar-refractivity contribution in [3.63, 3.8) is 0 Å². The highest BCUT2D eigenvalue weighted by Crippen LogP contribution is 2.06. The van der Waals surface area contributed by atoms with Gasteiger partial charge in [0, 0.05) is 0 Å². The molecular formula is C10H17O4. The largest absolute Gasteiger partial charge is 0.465 e. The average molecular weight is 201 g/mol. The number of ether oxygens (including phenoxy) is 2. The molecule has 0 amide bonds. The van der Waals surface area contributed by atoms with E-state index in [1.165, 1.54) is 6.47 Å². The average Bonchev–Trinajstić information content (AvgIpc) is 2.19. The summed E-state index contributed by atoms with van der Waals surface area (Å²) >= 11 is 0. The number of carbonyl (C=O) groups excluding carboxylic acids is 2. The summed E-state index contributed by atoms with van der Waals surface area (Å²) in [5.41, 5.74) is 0. The summed E-state index contributed by atoms with van der Waals surface area (Å²) < 4.78 is 9.39. The molecule has 0 aromatic carbocycles. The Balaban J connectivity index is 3.73. The number of rotatable bonds is 8. The molecule has 0 fully saturated rings. The number of carbonyl (C=O) groups is 1. The summed E-state index contributed by atoms with van der Waals surface area (Å²) in [6, 6.07) is 0. The van der Waals surface area contributed by atoms with Gasteiger partial charge < -0.3 is 9.47 Å². The number of esters is 1. The van der Waals surface area contributed by atoms with E-state index in [4.69, 9.17) is 4.74 Å². The molecule has 1 unspecified atom stereocenters. The van der Waals surface area contributed by atoms with E-state index < -0.39 is 0 Å². The van der Waals surface area contributed by atoms with Gasteiger partial charge in [0.25, 0.3) is 0 Å². The molecule has 0 bridgehead atoms. The summed E-state index contributed by atoms with van der Waals surface area (Å²) in [5, 5.41) is 0. The highest BCUT2D eigenvalue weighted by Gasteiger charge is 2.18. The van der Waals surface area contributed by atoms with Crippen molar-refractivity contribution in [2.24, 2.45) is 5.92 Å². The fourth-order valence-electron chi connectivity index (χ4n) is 0.922. The third-order valence-corrected chi connectivity index (χ3v) is 1.91. The minimum absolute atomic E-state index is 0.0605. The Hall–Kier alpha value is -1.06. The lowest BCUT2D eigenvalue weighted by Crippen LogP contribution is -2.22. The Morgan fingerprint density at radius 2 is 2.14 bits per heavy atom. The van der Waals surface area contributed by atoms with Crippen LogP contribution in [0.2, 0.25) is 0 Å². The topological polar surface area (TPSA) is 52.6 Å². The van der Waals surface area contributed by atoms with E-state index in [-0.39, 0.29) is 18.5 Å². The minimum Gasteiger partial charge on any atom is -0.465 e. The van der Waals surface area contributed by atoms with Crippen LogP contribution in [0, 0.1) is 5.92 Å². The van der Waals surface area contributed by atoms with Crippen LogP contribution in [0.3, 0.4) is 0 Å². The standard InChI is InChI=1S/C10H17O4/c1-3-5-6-14-10(12)9(4-2)7-13-8-11/h9H,3-7H2,1-2H3. The number of hydrogen-bond acceptors (Lipinski definition) is 4. The predicted molar refractivity (Wildman–Crippen MR) is 51.3 cm³/mol. The van der Waals surface area contributed by atoms with Crippen LogP contribution in [0.5, 0.6) is 0 Å². The Kier molecular flexibility index (Phi) is 7.89. The van der Waals surface area contributed by atoms with Crippen LogP contribution < -0.4 is 0 Å². The zero-order chi connectivity index (χ0) is 10.8. The van der Waals surface area contributed by atoms with Crippen molar-refractivity contribution in [3.05, 3.63) is 0 Å². The van der Waals surface area contributed by atoms with Gasteiger partial charge in [-0.25, -0.2) is 4.79 Å². The van der Waals surface area contributed by atoms with Crippen molar-refractivity contribution in [3.8, 4) is 0 Å². The molecule has 0 aromatic rings. The molecule has 0 aliphatic carbocycles. The molecule has 14 heavy (non-hydrogen) atoms. The van der Waals surface area contributed by atoms with Crippen LogP contribution >= 0.6 is 0 Å². The van der Waals surface area contributed by atoms with Gasteiger partial charge in [-0.15, -0.1) is 0 Å². The van der Waals surface area contributed by atoms with Gasteiger partial charge in [-0.2, -0.15) is 0 Å². The Morgan fingerprint density at radius 1 is 1.43 bits per heavy atom. The molecule has 0 N–H and O–H groups in total. The second kappa shape index (κ2) is 8.53. The lowest BCUT2D eigenvalue weighted by Gasteiger charge is -2.12. The molecule has 1 atom stereocenters. The summed E-state index contributed by atoms with van der Waals surface area (Å²) in [6.45, 7) is 5.67. The van der Waals surface area contributed by atoms with E-state index >= 15 is 0 Å². The summed E-state index contributed by atoms with van der Waals surface area (Å²) in [7, 11) is 0. The summed E-state index contributed by atoms with van der Waals surface area (Å²) in [5.74, 6) is -0.649. The Morgan fingerprint density at radius 3 is 2.64 bits per heavy atom. The van der Waals surface area contributed by atoms with Crippen molar-refractivity contribution in [1.29, 1.82) is 0 Å². The molecule has 0 saturated carbocycles. The van der Waals surface area contributed by atoms with Crippen molar-refractivity contribution in [1.82, 2.24) is 0 Å². The van der Waals surface area contributed by atoms with E-state index in [0.29, 0.717) is 13.0 Å². The first-order valence-corrected chi connectivity index (χ1v) is 4.91. The van der Waals surface area contributed by atoms with Crippen molar-refractivity contribution in [2.45, 2.75) is 33.1 Å². The van der Waals surface area contributed by atoms with Gasteiger partial charge in [0.1, 0.15) is 6.61 Å². The molecule has 0 rings (SSSR count). The number of unbranched alkanes of at least 4 members (excludes halogenated alkanes) is 1. The van der Waals surface area contributed by atoms with E-state index in [9.17, 15) is 9.59 Å². The zero-order valence-electron chi connectivity index (χ0n) is 8.75. The van der Waals surface area contributed by atoms with Crippen LogP contribution in [0.1, 0.15) is 33.1 Å². The molecule has 0 saturated heterocycles. The van der Waals surface area contributed by atoms with E-state index in [1.807, 2.05) is 13.8 Å². The molecule has 4 nitrogen and oxygen atoms in total. The molecule has 0 aliphatic heterocycles. The van der Waals surface area contributed by atoms with Crippen LogP contribution in [0.4, 0.5) is 0 Å². The fourth-order valence-corrected chi connectivity index (χ4v) is 0.922. The molecule has 81 valence electrons. The van der Waals surface area contributed by atoms with Crippen LogP contribution in [0.15, 0.2) is 0 Å². The summed E-state index contributed by atoms with van der Waals surface area (Å²) in [4.78, 5) is 21.1. The molecule has 1 radical (unpaired) electrons. The molecule has 0 spiro atoms. The molecule has 4 heteroatoms. The van der Waals surface area contributed by atoms with Crippen molar-refractivity contribution in [2.75, 3.05) is 13.2 Å². The minimum atomic E-state index is -0.353. The zero-order valence-corrected chi connectivity index (χ0v) is 8.75. The maximum atomic E-state index is 11.3. The lowest BCUT2D eigenvalue weighted by atomic mass is 10.1. The molecule has 0 heterocycles. The SMILES string of the molecule is CCCCOC(=O)C(CC)CO[C]=O. The first kappa shape index (κ1) is 12.9.